The van der Waals surface area contributed by atoms with E-state index in [1.54, 1.807) is 6.07 Å². The molecule has 1 N–H and O–H groups in total. The molecule has 2 aromatic rings. The second-order valence-corrected chi connectivity index (χ2v) is 6.54. The number of anilines is 1. The predicted molar refractivity (Wildman–Crippen MR) is 84.0 cm³/mol. The van der Waals surface area contributed by atoms with Gasteiger partial charge >= 0.3 is 0 Å². The molecule has 1 saturated carbocycles. The Morgan fingerprint density at radius 3 is 2.95 bits per heavy atom. The van der Waals surface area contributed by atoms with Gasteiger partial charge in [-0.3, -0.25) is 0 Å². The maximum Gasteiger partial charge on any atom is 0.155 e. The minimum absolute atomic E-state index is 0.0392. The Morgan fingerprint density at radius 1 is 1.27 bits per heavy atom. The van der Waals surface area contributed by atoms with Crippen LogP contribution in [-0.4, -0.2) is 24.7 Å². The SMILES string of the molecule is CC(Nc1cc(Cl)nc(C2CC2)n1)c1nnc2n1CCCC2. The first-order valence-electron chi connectivity index (χ1n) is 7.93. The summed E-state index contributed by atoms with van der Waals surface area (Å²) < 4.78 is 2.23. The van der Waals surface area contributed by atoms with Crippen molar-refractivity contribution in [3.05, 3.63) is 28.7 Å². The Bertz CT molecular complexity index is 693. The molecule has 2 aromatic heterocycles. The molecule has 1 unspecified atom stereocenters. The standard InChI is InChI=1S/C15H19ClN6/c1-9(15-21-20-13-4-2-3-7-22(13)15)17-12-8-11(16)18-14(19-12)10-5-6-10/h8-10H,2-7H2,1H3,(H,17,18,19). The number of nitrogens with one attached hydrogen (secondary N) is 1. The summed E-state index contributed by atoms with van der Waals surface area (Å²) in [7, 11) is 0. The molecule has 1 aliphatic heterocycles. The zero-order chi connectivity index (χ0) is 15.1. The van der Waals surface area contributed by atoms with Gasteiger partial charge in [0.05, 0.1) is 6.04 Å². The Balaban J connectivity index is 1.56. The van der Waals surface area contributed by atoms with Crippen LogP contribution in [0.15, 0.2) is 6.07 Å². The monoisotopic (exact) mass is 318 g/mol. The van der Waals surface area contributed by atoms with Gasteiger partial charge in [0, 0.05) is 24.9 Å². The lowest BCUT2D eigenvalue weighted by Crippen LogP contribution is -2.18. The summed E-state index contributed by atoms with van der Waals surface area (Å²) in [6, 6.07) is 1.81. The van der Waals surface area contributed by atoms with Gasteiger partial charge in [0.15, 0.2) is 5.82 Å². The van der Waals surface area contributed by atoms with E-state index in [2.05, 4.69) is 37.0 Å². The van der Waals surface area contributed by atoms with Gasteiger partial charge in [-0.15, -0.1) is 10.2 Å². The van der Waals surface area contributed by atoms with Crippen molar-refractivity contribution >= 4 is 17.4 Å². The molecule has 0 amide bonds. The zero-order valence-electron chi connectivity index (χ0n) is 12.6. The first-order valence-corrected chi connectivity index (χ1v) is 8.31. The van der Waals surface area contributed by atoms with Gasteiger partial charge < -0.3 is 9.88 Å². The largest absolute Gasteiger partial charge is 0.360 e. The summed E-state index contributed by atoms with van der Waals surface area (Å²) in [5, 5.41) is 12.6. The quantitative estimate of drug-likeness (QED) is 0.877. The van der Waals surface area contributed by atoms with Crippen molar-refractivity contribution in [1.29, 1.82) is 0 Å². The Labute approximate surface area is 134 Å². The first-order chi connectivity index (χ1) is 10.7. The van der Waals surface area contributed by atoms with E-state index in [0.717, 1.165) is 49.1 Å². The number of halogens is 1. The second kappa shape index (κ2) is 5.50. The van der Waals surface area contributed by atoms with Crippen molar-refractivity contribution in [2.75, 3.05) is 5.32 Å². The van der Waals surface area contributed by atoms with E-state index in [4.69, 9.17) is 11.6 Å². The average molecular weight is 319 g/mol. The third-order valence-corrected chi connectivity index (χ3v) is 4.49. The lowest BCUT2D eigenvalue weighted by atomic mass is 10.1. The van der Waals surface area contributed by atoms with Crippen molar-refractivity contribution in [2.24, 2.45) is 0 Å². The van der Waals surface area contributed by atoms with E-state index in [9.17, 15) is 0 Å². The topological polar surface area (TPSA) is 68.5 Å². The lowest BCUT2D eigenvalue weighted by molar-refractivity contribution is 0.500. The number of nitrogens with zero attached hydrogens (tertiary/aromatic N) is 5. The lowest BCUT2D eigenvalue weighted by Gasteiger charge is -2.19. The summed E-state index contributed by atoms with van der Waals surface area (Å²) in [5.74, 6) is 4.16. The molecule has 22 heavy (non-hydrogen) atoms. The molecule has 3 heterocycles. The molecule has 0 saturated heterocycles. The van der Waals surface area contributed by atoms with Gasteiger partial charge in [-0.1, -0.05) is 11.6 Å². The van der Waals surface area contributed by atoms with Crippen LogP contribution in [-0.2, 0) is 13.0 Å². The molecule has 1 fully saturated rings. The number of rotatable bonds is 4. The minimum atomic E-state index is 0.0392. The van der Waals surface area contributed by atoms with Crippen LogP contribution in [0.3, 0.4) is 0 Å². The van der Waals surface area contributed by atoms with Gasteiger partial charge in [-0.05, 0) is 32.6 Å². The van der Waals surface area contributed by atoms with Gasteiger partial charge in [-0.2, -0.15) is 0 Å². The third kappa shape index (κ3) is 2.67. The number of fused-ring (bicyclic) bond motifs is 1. The summed E-state index contributed by atoms with van der Waals surface area (Å²) in [6.07, 6.45) is 5.73. The zero-order valence-corrected chi connectivity index (χ0v) is 13.3. The summed E-state index contributed by atoms with van der Waals surface area (Å²) in [6.45, 7) is 3.08. The molecular weight excluding hydrogens is 300 g/mol. The van der Waals surface area contributed by atoms with E-state index in [1.807, 2.05) is 0 Å². The third-order valence-electron chi connectivity index (χ3n) is 4.29. The maximum absolute atomic E-state index is 6.12. The fraction of sp³-hybridized carbons (Fsp3) is 0.600. The number of hydrogen-bond acceptors (Lipinski definition) is 5. The second-order valence-electron chi connectivity index (χ2n) is 6.16. The molecule has 0 radical (unpaired) electrons. The van der Waals surface area contributed by atoms with Crippen LogP contribution >= 0.6 is 11.6 Å². The van der Waals surface area contributed by atoms with Gasteiger partial charge in [0.2, 0.25) is 0 Å². The fourth-order valence-corrected chi connectivity index (χ4v) is 3.16. The van der Waals surface area contributed by atoms with Crippen LogP contribution in [0, 0.1) is 0 Å². The highest BCUT2D eigenvalue weighted by Crippen LogP contribution is 2.39. The highest BCUT2D eigenvalue weighted by atomic mass is 35.5. The normalized spacial score (nSPS) is 18.8. The highest BCUT2D eigenvalue weighted by Gasteiger charge is 2.27. The van der Waals surface area contributed by atoms with Gasteiger partial charge in [0.1, 0.15) is 22.6 Å². The van der Waals surface area contributed by atoms with Crippen molar-refractivity contribution in [3.63, 3.8) is 0 Å². The van der Waals surface area contributed by atoms with Gasteiger partial charge in [0.25, 0.3) is 0 Å². The Kier molecular flexibility index (Phi) is 3.48. The molecule has 2 aliphatic rings. The van der Waals surface area contributed by atoms with E-state index in [1.165, 1.54) is 12.8 Å². The molecule has 1 aliphatic carbocycles. The molecular formula is C15H19ClN6. The number of hydrogen-bond donors (Lipinski definition) is 1. The Hall–Kier alpha value is -1.69. The van der Waals surface area contributed by atoms with E-state index in [0.29, 0.717) is 11.1 Å². The molecule has 4 rings (SSSR count). The van der Waals surface area contributed by atoms with Crippen LogP contribution in [0.2, 0.25) is 5.15 Å². The molecule has 116 valence electrons. The number of aryl methyl sites for hydroxylation is 1. The fourth-order valence-electron chi connectivity index (χ4n) is 2.97. The summed E-state index contributed by atoms with van der Waals surface area (Å²) in [5.41, 5.74) is 0. The maximum atomic E-state index is 6.12. The minimum Gasteiger partial charge on any atom is -0.360 e. The first kappa shape index (κ1) is 13.9. The Morgan fingerprint density at radius 2 is 2.14 bits per heavy atom. The van der Waals surface area contributed by atoms with Crippen LogP contribution in [0.5, 0.6) is 0 Å². The van der Waals surface area contributed by atoms with Crippen LogP contribution < -0.4 is 5.32 Å². The van der Waals surface area contributed by atoms with E-state index >= 15 is 0 Å². The molecule has 1 atom stereocenters. The molecule has 0 spiro atoms. The molecule has 0 bridgehead atoms. The van der Waals surface area contributed by atoms with E-state index < -0.39 is 0 Å². The van der Waals surface area contributed by atoms with Crippen molar-refractivity contribution in [3.8, 4) is 0 Å². The van der Waals surface area contributed by atoms with Crippen LogP contribution in [0.4, 0.5) is 5.82 Å². The van der Waals surface area contributed by atoms with Crippen LogP contribution in [0.25, 0.3) is 0 Å². The summed E-state index contributed by atoms with van der Waals surface area (Å²) in [4.78, 5) is 8.91. The molecule has 0 aromatic carbocycles. The number of aromatic nitrogens is 5. The van der Waals surface area contributed by atoms with Crippen molar-refractivity contribution < 1.29 is 0 Å². The molecule has 7 heteroatoms. The van der Waals surface area contributed by atoms with Gasteiger partial charge in [-0.25, -0.2) is 9.97 Å². The van der Waals surface area contributed by atoms with Crippen molar-refractivity contribution in [1.82, 2.24) is 24.7 Å². The summed E-state index contributed by atoms with van der Waals surface area (Å²) >= 11 is 6.12. The van der Waals surface area contributed by atoms with E-state index in [-0.39, 0.29) is 6.04 Å². The predicted octanol–water partition coefficient (Wildman–Crippen LogP) is 3.11. The average Bonchev–Trinajstić information content (AvgIpc) is 3.26. The smallest absolute Gasteiger partial charge is 0.155 e. The molecule has 6 nitrogen and oxygen atoms in total. The van der Waals surface area contributed by atoms with Crippen LogP contribution in [0.1, 0.15) is 62.0 Å². The highest BCUT2D eigenvalue weighted by molar-refractivity contribution is 6.29. The van der Waals surface area contributed by atoms with Crippen molar-refractivity contribution in [2.45, 2.75) is 57.5 Å².